The third-order valence-electron chi connectivity index (χ3n) is 4.21. The van der Waals surface area contributed by atoms with Crippen molar-refractivity contribution in [1.82, 2.24) is 4.90 Å². The highest BCUT2D eigenvalue weighted by atomic mass is 16.5. The summed E-state index contributed by atoms with van der Waals surface area (Å²) < 4.78 is 14.1. The summed E-state index contributed by atoms with van der Waals surface area (Å²) >= 11 is 0. The number of ether oxygens (including phenoxy) is 3. The first-order valence-electron chi connectivity index (χ1n) is 9.29. The smallest absolute Gasteiger partial charge is 0.337 e. The number of carboxylic acids is 1. The van der Waals surface area contributed by atoms with Crippen LogP contribution in [0.5, 0.6) is 0 Å². The molecular formula is C21H25NO9. The first kappa shape index (κ1) is 25.3. The van der Waals surface area contributed by atoms with Crippen LogP contribution < -0.4 is 0 Å². The topological polar surface area (TPSA) is 137 Å². The molecular weight excluding hydrogens is 410 g/mol. The van der Waals surface area contributed by atoms with Gasteiger partial charge in [0.1, 0.15) is 12.5 Å². The largest absolute Gasteiger partial charge is 0.480 e. The molecule has 1 atom stereocenters. The molecule has 0 aliphatic heterocycles. The predicted octanol–water partition coefficient (Wildman–Crippen LogP) is 1.28. The first-order chi connectivity index (χ1) is 14.6. The van der Waals surface area contributed by atoms with Gasteiger partial charge < -0.3 is 24.2 Å². The van der Waals surface area contributed by atoms with Gasteiger partial charge in [0.2, 0.25) is 5.91 Å². The van der Waals surface area contributed by atoms with Crippen molar-refractivity contribution >= 4 is 35.9 Å². The van der Waals surface area contributed by atoms with Gasteiger partial charge in [0, 0.05) is 0 Å². The molecule has 10 heteroatoms. The standard InChI is InChI=1S/C21H25NO9/c1-5-31-18(24)11-17(23)22(13(2)19(25)26)12-16(21(28)30-4)10-14-6-8-15(9-7-14)20(27)29-3/h6-10,13H,5,11-12H2,1-4H3,(H,25,26)/b16-10+. The molecule has 10 nitrogen and oxygen atoms in total. The summed E-state index contributed by atoms with van der Waals surface area (Å²) in [5.74, 6) is -4.26. The summed E-state index contributed by atoms with van der Waals surface area (Å²) in [7, 11) is 2.39. The quantitative estimate of drug-likeness (QED) is 0.249. The van der Waals surface area contributed by atoms with Crippen LogP contribution in [-0.4, -0.2) is 73.2 Å². The fourth-order valence-corrected chi connectivity index (χ4v) is 2.53. The Morgan fingerprint density at radius 2 is 1.68 bits per heavy atom. The highest BCUT2D eigenvalue weighted by molar-refractivity contribution is 5.99. The SMILES string of the molecule is CCOC(=O)CC(=O)N(C/C(=C\c1ccc(C(=O)OC)cc1)C(=O)OC)C(C)C(=O)O. The van der Waals surface area contributed by atoms with Gasteiger partial charge in [-0.3, -0.25) is 9.59 Å². The van der Waals surface area contributed by atoms with Crippen LogP contribution in [0.1, 0.15) is 36.2 Å². The molecule has 0 spiro atoms. The van der Waals surface area contributed by atoms with Gasteiger partial charge >= 0.3 is 23.9 Å². The lowest BCUT2D eigenvalue weighted by molar-refractivity contribution is -0.154. The highest BCUT2D eigenvalue weighted by Gasteiger charge is 2.29. The predicted molar refractivity (Wildman–Crippen MR) is 108 cm³/mol. The minimum Gasteiger partial charge on any atom is -0.480 e. The Hall–Kier alpha value is -3.69. The van der Waals surface area contributed by atoms with E-state index < -0.39 is 48.8 Å². The molecule has 0 saturated carbocycles. The van der Waals surface area contributed by atoms with Gasteiger partial charge in [0.25, 0.3) is 0 Å². The van der Waals surface area contributed by atoms with Crippen molar-refractivity contribution < 1.29 is 43.3 Å². The number of carbonyl (C=O) groups is 5. The summed E-state index contributed by atoms with van der Waals surface area (Å²) in [6, 6.07) is 4.73. The zero-order chi connectivity index (χ0) is 23.6. The summed E-state index contributed by atoms with van der Waals surface area (Å²) in [5, 5.41) is 9.35. The summed E-state index contributed by atoms with van der Waals surface area (Å²) in [6.07, 6.45) is 0.722. The van der Waals surface area contributed by atoms with Gasteiger partial charge in [-0.25, -0.2) is 14.4 Å². The van der Waals surface area contributed by atoms with Crippen LogP contribution in [-0.2, 0) is 33.4 Å². The molecule has 1 rings (SSSR count). The van der Waals surface area contributed by atoms with E-state index in [2.05, 4.69) is 4.74 Å². The third kappa shape index (κ3) is 7.57. The molecule has 31 heavy (non-hydrogen) atoms. The van der Waals surface area contributed by atoms with E-state index in [0.29, 0.717) is 11.1 Å². The van der Waals surface area contributed by atoms with Crippen molar-refractivity contribution in [2.24, 2.45) is 0 Å². The normalized spacial score (nSPS) is 11.8. The van der Waals surface area contributed by atoms with E-state index in [1.807, 2.05) is 0 Å². The van der Waals surface area contributed by atoms with Gasteiger partial charge in [-0.1, -0.05) is 12.1 Å². The van der Waals surface area contributed by atoms with E-state index in [9.17, 15) is 29.1 Å². The van der Waals surface area contributed by atoms with E-state index in [-0.39, 0.29) is 12.2 Å². The molecule has 0 aliphatic rings. The van der Waals surface area contributed by atoms with Crippen molar-refractivity contribution in [1.29, 1.82) is 0 Å². The molecule has 0 bridgehead atoms. The minimum absolute atomic E-state index is 0.0290. The fraction of sp³-hybridized carbons (Fsp3) is 0.381. The molecule has 168 valence electrons. The Morgan fingerprint density at radius 3 is 2.16 bits per heavy atom. The molecule has 1 unspecified atom stereocenters. The van der Waals surface area contributed by atoms with Crippen LogP contribution in [0.15, 0.2) is 29.8 Å². The van der Waals surface area contributed by atoms with Gasteiger partial charge in [-0.15, -0.1) is 0 Å². The van der Waals surface area contributed by atoms with Crippen LogP contribution in [0.3, 0.4) is 0 Å². The lowest BCUT2D eigenvalue weighted by atomic mass is 10.1. The van der Waals surface area contributed by atoms with E-state index in [1.54, 1.807) is 19.1 Å². The lowest BCUT2D eigenvalue weighted by Gasteiger charge is -2.27. The van der Waals surface area contributed by atoms with Crippen molar-refractivity contribution in [3.05, 3.63) is 41.0 Å². The third-order valence-corrected chi connectivity index (χ3v) is 4.21. The number of carbonyl (C=O) groups excluding carboxylic acids is 4. The average Bonchev–Trinajstić information content (AvgIpc) is 2.75. The number of benzene rings is 1. The van der Waals surface area contributed by atoms with Crippen LogP contribution in [0.25, 0.3) is 6.08 Å². The molecule has 1 amide bonds. The molecule has 1 N–H and O–H groups in total. The maximum Gasteiger partial charge on any atom is 0.337 e. The molecule has 0 radical (unpaired) electrons. The molecule has 0 heterocycles. The summed E-state index contributed by atoms with van der Waals surface area (Å²) in [6.45, 7) is 2.47. The van der Waals surface area contributed by atoms with E-state index in [0.717, 1.165) is 12.0 Å². The second kappa shape index (κ2) is 12.1. The van der Waals surface area contributed by atoms with E-state index in [1.165, 1.54) is 32.2 Å². The fourth-order valence-electron chi connectivity index (χ4n) is 2.53. The first-order valence-corrected chi connectivity index (χ1v) is 9.29. The Kier molecular flexibility index (Phi) is 9.90. The van der Waals surface area contributed by atoms with Crippen LogP contribution in [0, 0.1) is 0 Å². The van der Waals surface area contributed by atoms with Gasteiger partial charge in [0.05, 0.1) is 38.5 Å². The van der Waals surface area contributed by atoms with Gasteiger partial charge in [0.15, 0.2) is 0 Å². The summed E-state index contributed by atoms with van der Waals surface area (Å²) in [5.41, 5.74) is 0.762. The Bertz CT molecular complexity index is 858. The Balaban J connectivity index is 3.24. The lowest BCUT2D eigenvalue weighted by Crippen LogP contribution is -2.45. The number of amides is 1. The Labute approximate surface area is 179 Å². The Morgan fingerprint density at radius 1 is 1.06 bits per heavy atom. The molecule has 0 aromatic heterocycles. The number of nitrogens with zero attached hydrogens (tertiary/aromatic N) is 1. The molecule has 0 fully saturated rings. The number of carboxylic acid groups (broad SMARTS) is 1. The van der Waals surface area contributed by atoms with Crippen LogP contribution in [0.2, 0.25) is 0 Å². The maximum absolute atomic E-state index is 12.6. The molecule has 0 aliphatic carbocycles. The van der Waals surface area contributed by atoms with Crippen molar-refractivity contribution in [2.75, 3.05) is 27.4 Å². The van der Waals surface area contributed by atoms with Crippen molar-refractivity contribution in [3.63, 3.8) is 0 Å². The second-order valence-corrected chi connectivity index (χ2v) is 6.29. The van der Waals surface area contributed by atoms with Crippen LogP contribution in [0.4, 0.5) is 0 Å². The number of aliphatic carboxylic acids is 1. The van der Waals surface area contributed by atoms with Crippen molar-refractivity contribution in [2.45, 2.75) is 26.3 Å². The molecule has 1 aromatic carbocycles. The average molecular weight is 435 g/mol. The molecule has 0 saturated heterocycles. The number of esters is 3. The zero-order valence-corrected chi connectivity index (χ0v) is 17.7. The molecule has 1 aromatic rings. The number of hydrogen-bond donors (Lipinski definition) is 1. The number of hydrogen-bond acceptors (Lipinski definition) is 8. The van der Waals surface area contributed by atoms with Crippen molar-refractivity contribution in [3.8, 4) is 0 Å². The van der Waals surface area contributed by atoms with E-state index >= 15 is 0 Å². The maximum atomic E-state index is 12.6. The number of methoxy groups -OCH3 is 2. The zero-order valence-electron chi connectivity index (χ0n) is 17.7. The van der Waals surface area contributed by atoms with E-state index in [4.69, 9.17) is 9.47 Å². The monoisotopic (exact) mass is 435 g/mol. The van der Waals surface area contributed by atoms with Crippen LogP contribution >= 0.6 is 0 Å². The highest BCUT2D eigenvalue weighted by Crippen LogP contribution is 2.15. The summed E-state index contributed by atoms with van der Waals surface area (Å²) in [4.78, 5) is 60.4. The van der Waals surface area contributed by atoms with Gasteiger partial charge in [-0.05, 0) is 37.6 Å². The number of rotatable bonds is 10. The van der Waals surface area contributed by atoms with Gasteiger partial charge in [-0.2, -0.15) is 0 Å². The minimum atomic E-state index is -1.32. The second-order valence-electron chi connectivity index (χ2n) is 6.29.